The van der Waals surface area contributed by atoms with Crippen molar-refractivity contribution in [3.05, 3.63) is 45.9 Å². The fourth-order valence-electron chi connectivity index (χ4n) is 1.59. The molecule has 4 heteroatoms. The molecule has 2 aromatic rings. The number of carbonyl (C=O) groups is 1. The molecule has 0 aliphatic rings. The summed E-state index contributed by atoms with van der Waals surface area (Å²) in [4.78, 5) is 11.2. The highest BCUT2D eigenvalue weighted by Gasteiger charge is 2.13. The first-order chi connectivity index (χ1) is 7.58. The second-order valence-corrected chi connectivity index (χ2v) is 4.40. The van der Waals surface area contributed by atoms with E-state index in [0.29, 0.717) is 11.1 Å². The van der Waals surface area contributed by atoms with E-state index in [0.717, 1.165) is 16.9 Å². The monoisotopic (exact) mass is 236 g/mol. The molecule has 2 nitrogen and oxygen atoms in total. The predicted octanol–water partition coefficient (Wildman–Crippen LogP) is 3.56. The second kappa shape index (κ2) is 4.06. The van der Waals surface area contributed by atoms with Crippen LogP contribution in [0.3, 0.4) is 0 Å². The summed E-state index contributed by atoms with van der Waals surface area (Å²) in [5.74, 6) is -1.33. The molecule has 0 saturated heterocycles. The number of hydrogen-bond acceptors (Lipinski definition) is 2. The van der Waals surface area contributed by atoms with Crippen molar-refractivity contribution < 1.29 is 14.3 Å². The summed E-state index contributed by atoms with van der Waals surface area (Å²) in [5.41, 5.74) is 1.95. The average molecular weight is 236 g/mol. The minimum Gasteiger partial charge on any atom is -0.477 e. The Morgan fingerprint density at radius 2 is 2.12 bits per heavy atom. The quantitative estimate of drug-likeness (QED) is 0.865. The number of rotatable bonds is 2. The van der Waals surface area contributed by atoms with Gasteiger partial charge >= 0.3 is 5.97 Å². The van der Waals surface area contributed by atoms with Gasteiger partial charge in [0.05, 0.1) is 0 Å². The number of benzene rings is 1. The highest BCUT2D eigenvalue weighted by molar-refractivity contribution is 7.12. The lowest BCUT2D eigenvalue weighted by Gasteiger charge is -2.02. The van der Waals surface area contributed by atoms with Gasteiger partial charge in [-0.05, 0) is 41.6 Å². The Morgan fingerprint density at radius 3 is 2.75 bits per heavy atom. The van der Waals surface area contributed by atoms with Gasteiger partial charge in [-0.15, -0.1) is 11.3 Å². The number of halogens is 1. The molecule has 1 N–H and O–H groups in total. The molecule has 0 spiro atoms. The molecule has 0 bridgehead atoms. The fraction of sp³-hybridized carbons (Fsp3) is 0.0833. The molecule has 0 amide bonds. The number of hydrogen-bond donors (Lipinski definition) is 1. The van der Waals surface area contributed by atoms with Gasteiger partial charge in [0, 0.05) is 5.56 Å². The van der Waals surface area contributed by atoms with Gasteiger partial charge in [0.25, 0.3) is 0 Å². The molecule has 1 aromatic heterocycles. The lowest BCUT2D eigenvalue weighted by atomic mass is 10.0. The van der Waals surface area contributed by atoms with Gasteiger partial charge in [-0.2, -0.15) is 0 Å². The maximum Gasteiger partial charge on any atom is 0.346 e. The van der Waals surface area contributed by atoms with Gasteiger partial charge < -0.3 is 5.11 Å². The molecule has 2 rings (SSSR count). The molecule has 0 saturated carbocycles. The Labute approximate surface area is 96.0 Å². The van der Waals surface area contributed by atoms with Crippen LogP contribution in [-0.4, -0.2) is 11.1 Å². The number of aromatic carboxylic acids is 1. The summed E-state index contributed by atoms with van der Waals surface area (Å²) in [6, 6.07) is 6.23. The molecular formula is C12H9FO2S. The van der Waals surface area contributed by atoms with Crippen LogP contribution in [0.2, 0.25) is 0 Å². The SMILES string of the molecule is Cc1cc(F)cc(-c2ccsc2C(=O)O)c1. The van der Waals surface area contributed by atoms with Crippen molar-refractivity contribution in [1.82, 2.24) is 0 Å². The average Bonchev–Trinajstić information content (AvgIpc) is 2.63. The van der Waals surface area contributed by atoms with E-state index in [9.17, 15) is 9.18 Å². The first-order valence-electron chi connectivity index (χ1n) is 4.66. The standard InChI is InChI=1S/C12H9FO2S/c1-7-4-8(6-9(13)5-7)10-2-3-16-11(10)12(14)15/h2-6H,1H3,(H,14,15). The molecule has 1 aromatic carbocycles. The van der Waals surface area contributed by atoms with Crippen molar-refractivity contribution in [1.29, 1.82) is 0 Å². The van der Waals surface area contributed by atoms with Gasteiger partial charge in [-0.3, -0.25) is 0 Å². The Bertz CT molecular complexity index is 525. The highest BCUT2D eigenvalue weighted by Crippen LogP contribution is 2.29. The molecule has 0 unspecified atom stereocenters. The summed E-state index contributed by atoms with van der Waals surface area (Å²) in [7, 11) is 0. The third-order valence-corrected chi connectivity index (χ3v) is 3.11. The largest absolute Gasteiger partial charge is 0.477 e. The summed E-state index contributed by atoms with van der Waals surface area (Å²) in [6.07, 6.45) is 0. The molecular weight excluding hydrogens is 227 g/mol. The van der Waals surface area contributed by atoms with Crippen LogP contribution >= 0.6 is 11.3 Å². The van der Waals surface area contributed by atoms with Crippen LogP contribution in [-0.2, 0) is 0 Å². The Hall–Kier alpha value is -1.68. The van der Waals surface area contributed by atoms with Gasteiger partial charge in [0.15, 0.2) is 0 Å². The van der Waals surface area contributed by atoms with Crippen LogP contribution in [0.5, 0.6) is 0 Å². The molecule has 1 heterocycles. The summed E-state index contributed by atoms with van der Waals surface area (Å²) < 4.78 is 13.2. The van der Waals surface area contributed by atoms with Crippen LogP contribution in [0.4, 0.5) is 4.39 Å². The zero-order valence-electron chi connectivity index (χ0n) is 8.53. The minimum absolute atomic E-state index is 0.241. The van der Waals surface area contributed by atoms with E-state index in [4.69, 9.17) is 5.11 Å². The van der Waals surface area contributed by atoms with E-state index in [1.54, 1.807) is 24.4 Å². The van der Waals surface area contributed by atoms with Crippen LogP contribution in [0.25, 0.3) is 11.1 Å². The first-order valence-corrected chi connectivity index (χ1v) is 5.54. The number of thiophene rings is 1. The van der Waals surface area contributed by atoms with Crippen molar-refractivity contribution in [2.45, 2.75) is 6.92 Å². The molecule has 0 aliphatic heterocycles. The van der Waals surface area contributed by atoms with Crippen LogP contribution in [0.15, 0.2) is 29.6 Å². The Kier molecular flexibility index (Phi) is 2.75. The van der Waals surface area contributed by atoms with E-state index in [2.05, 4.69) is 0 Å². The van der Waals surface area contributed by atoms with E-state index in [1.807, 2.05) is 0 Å². The fourth-order valence-corrected chi connectivity index (χ4v) is 2.35. The zero-order chi connectivity index (χ0) is 11.7. The van der Waals surface area contributed by atoms with Gasteiger partial charge in [-0.1, -0.05) is 6.07 Å². The van der Waals surface area contributed by atoms with Crippen LogP contribution in [0.1, 0.15) is 15.2 Å². The van der Waals surface area contributed by atoms with Crippen molar-refractivity contribution in [2.24, 2.45) is 0 Å². The molecule has 0 aliphatic carbocycles. The predicted molar refractivity (Wildman–Crippen MR) is 61.4 cm³/mol. The maximum atomic E-state index is 13.2. The van der Waals surface area contributed by atoms with E-state index in [1.165, 1.54) is 12.1 Å². The molecule has 0 atom stereocenters. The van der Waals surface area contributed by atoms with Gasteiger partial charge in [0.1, 0.15) is 10.7 Å². The third kappa shape index (κ3) is 1.97. The lowest BCUT2D eigenvalue weighted by Crippen LogP contribution is -1.94. The molecule has 82 valence electrons. The molecule has 0 radical (unpaired) electrons. The van der Waals surface area contributed by atoms with E-state index >= 15 is 0 Å². The van der Waals surface area contributed by atoms with E-state index in [-0.39, 0.29) is 10.7 Å². The van der Waals surface area contributed by atoms with Gasteiger partial charge in [-0.25, -0.2) is 9.18 Å². The van der Waals surface area contributed by atoms with Crippen LogP contribution in [0, 0.1) is 12.7 Å². The smallest absolute Gasteiger partial charge is 0.346 e. The summed E-state index contributed by atoms with van der Waals surface area (Å²) >= 11 is 1.14. The number of aryl methyl sites for hydroxylation is 1. The van der Waals surface area contributed by atoms with E-state index < -0.39 is 5.97 Å². The molecule has 0 fully saturated rings. The number of carboxylic acids is 1. The van der Waals surface area contributed by atoms with Crippen molar-refractivity contribution in [2.75, 3.05) is 0 Å². The minimum atomic E-state index is -0.980. The van der Waals surface area contributed by atoms with Crippen LogP contribution < -0.4 is 0 Å². The third-order valence-electron chi connectivity index (χ3n) is 2.21. The maximum absolute atomic E-state index is 13.2. The normalized spacial score (nSPS) is 10.4. The topological polar surface area (TPSA) is 37.3 Å². The summed E-state index contributed by atoms with van der Waals surface area (Å²) in [5, 5.41) is 10.7. The Balaban J connectivity index is 2.58. The molecule has 16 heavy (non-hydrogen) atoms. The first kappa shape index (κ1) is 10.8. The number of carboxylic acid groups (broad SMARTS) is 1. The second-order valence-electron chi connectivity index (χ2n) is 3.49. The van der Waals surface area contributed by atoms with Crippen molar-refractivity contribution >= 4 is 17.3 Å². The van der Waals surface area contributed by atoms with Gasteiger partial charge in [0.2, 0.25) is 0 Å². The highest BCUT2D eigenvalue weighted by atomic mass is 32.1. The van der Waals surface area contributed by atoms with Crippen molar-refractivity contribution in [3.8, 4) is 11.1 Å². The lowest BCUT2D eigenvalue weighted by molar-refractivity contribution is 0.0703. The Morgan fingerprint density at radius 1 is 1.38 bits per heavy atom. The van der Waals surface area contributed by atoms with Crippen molar-refractivity contribution in [3.63, 3.8) is 0 Å². The summed E-state index contributed by atoms with van der Waals surface area (Å²) in [6.45, 7) is 1.78. The zero-order valence-corrected chi connectivity index (χ0v) is 9.34.